The molecule has 116 valence electrons. The summed E-state index contributed by atoms with van der Waals surface area (Å²) >= 11 is 11.5. The van der Waals surface area contributed by atoms with Crippen LogP contribution < -0.4 is 10.6 Å². The van der Waals surface area contributed by atoms with Gasteiger partial charge in [-0.25, -0.2) is 9.18 Å². The minimum Gasteiger partial charge on any atom is -0.387 e. The maximum absolute atomic E-state index is 13.3. The average molecular weight is 343 g/mol. The lowest BCUT2D eigenvalue weighted by Gasteiger charge is -2.13. The van der Waals surface area contributed by atoms with Crippen LogP contribution in [0.2, 0.25) is 10.0 Å². The molecule has 0 fully saturated rings. The van der Waals surface area contributed by atoms with E-state index in [9.17, 15) is 14.3 Å². The Morgan fingerprint density at radius 2 is 1.91 bits per heavy atom. The predicted octanol–water partition coefficient (Wildman–Crippen LogP) is 3.99. The number of carbonyl (C=O) groups excluding carboxylic acids is 1. The Hall–Kier alpha value is -1.82. The number of rotatable bonds is 4. The first kappa shape index (κ1) is 16.5. The van der Waals surface area contributed by atoms with Gasteiger partial charge in [0, 0.05) is 6.54 Å². The van der Waals surface area contributed by atoms with Gasteiger partial charge in [0.2, 0.25) is 0 Å². The van der Waals surface area contributed by atoms with Gasteiger partial charge >= 0.3 is 6.03 Å². The van der Waals surface area contributed by atoms with Gasteiger partial charge < -0.3 is 15.7 Å². The number of carbonyl (C=O) groups is 1. The van der Waals surface area contributed by atoms with Crippen LogP contribution in [0.3, 0.4) is 0 Å². The average Bonchev–Trinajstić information content (AvgIpc) is 2.50. The summed E-state index contributed by atoms with van der Waals surface area (Å²) in [6.07, 6.45) is -1.05. The fraction of sp³-hybridized carbons (Fsp3) is 0.133. The molecule has 3 N–H and O–H groups in total. The summed E-state index contributed by atoms with van der Waals surface area (Å²) in [5.41, 5.74) is 0.772. The lowest BCUT2D eigenvalue weighted by Crippen LogP contribution is -2.32. The SMILES string of the molecule is O=C(NCC(O)c1ccc(Cl)c(F)c1)Nc1ccccc1Cl. The number of para-hydroxylation sites is 1. The Morgan fingerprint density at radius 1 is 1.18 bits per heavy atom. The van der Waals surface area contributed by atoms with Gasteiger partial charge in [-0.05, 0) is 29.8 Å². The molecule has 2 rings (SSSR count). The van der Waals surface area contributed by atoms with Crippen molar-refractivity contribution in [2.24, 2.45) is 0 Å². The van der Waals surface area contributed by atoms with E-state index in [1.54, 1.807) is 24.3 Å². The van der Waals surface area contributed by atoms with Crippen molar-refractivity contribution in [1.29, 1.82) is 0 Å². The molecule has 0 radical (unpaired) electrons. The van der Waals surface area contributed by atoms with E-state index in [4.69, 9.17) is 23.2 Å². The van der Waals surface area contributed by atoms with Crippen LogP contribution in [0.25, 0.3) is 0 Å². The van der Waals surface area contributed by atoms with Crippen LogP contribution >= 0.6 is 23.2 Å². The Balaban J connectivity index is 1.90. The molecule has 22 heavy (non-hydrogen) atoms. The molecule has 4 nitrogen and oxygen atoms in total. The standard InChI is InChI=1S/C15H13Cl2FN2O2/c16-10-6-5-9(7-12(10)18)14(21)8-19-15(22)20-13-4-2-1-3-11(13)17/h1-7,14,21H,8H2,(H2,19,20,22). The molecule has 0 aromatic heterocycles. The first-order valence-corrected chi connectivity index (χ1v) is 7.15. The van der Waals surface area contributed by atoms with Crippen molar-refractivity contribution in [2.45, 2.75) is 6.10 Å². The van der Waals surface area contributed by atoms with Gasteiger partial charge in [-0.15, -0.1) is 0 Å². The smallest absolute Gasteiger partial charge is 0.319 e. The molecule has 0 heterocycles. The summed E-state index contributed by atoms with van der Waals surface area (Å²) in [7, 11) is 0. The largest absolute Gasteiger partial charge is 0.387 e. The van der Waals surface area contributed by atoms with Gasteiger partial charge in [0.05, 0.1) is 21.8 Å². The van der Waals surface area contributed by atoms with Crippen LogP contribution in [0.1, 0.15) is 11.7 Å². The van der Waals surface area contributed by atoms with E-state index in [1.165, 1.54) is 12.1 Å². The third kappa shape index (κ3) is 4.34. The van der Waals surface area contributed by atoms with E-state index >= 15 is 0 Å². The molecule has 0 aliphatic heterocycles. The van der Waals surface area contributed by atoms with E-state index in [0.717, 1.165) is 6.07 Å². The number of aliphatic hydroxyl groups excluding tert-OH is 1. The number of aliphatic hydroxyl groups is 1. The molecule has 1 atom stereocenters. The van der Waals surface area contributed by atoms with Crippen LogP contribution in [0.4, 0.5) is 14.9 Å². The number of amides is 2. The molecule has 2 aromatic carbocycles. The molecule has 0 aliphatic rings. The second-order valence-electron chi connectivity index (χ2n) is 4.50. The quantitative estimate of drug-likeness (QED) is 0.786. The van der Waals surface area contributed by atoms with Crippen molar-refractivity contribution in [1.82, 2.24) is 5.32 Å². The molecule has 2 aromatic rings. The molecule has 0 bridgehead atoms. The van der Waals surface area contributed by atoms with Crippen molar-refractivity contribution in [3.8, 4) is 0 Å². The third-order valence-electron chi connectivity index (χ3n) is 2.91. The highest BCUT2D eigenvalue weighted by Gasteiger charge is 2.12. The molecule has 7 heteroatoms. The maximum atomic E-state index is 13.3. The molecule has 0 saturated heterocycles. The highest BCUT2D eigenvalue weighted by Crippen LogP contribution is 2.21. The Labute approximate surface area is 136 Å². The molecular weight excluding hydrogens is 330 g/mol. The van der Waals surface area contributed by atoms with E-state index in [-0.39, 0.29) is 11.6 Å². The second-order valence-corrected chi connectivity index (χ2v) is 5.32. The van der Waals surface area contributed by atoms with Crippen LogP contribution in [0, 0.1) is 5.82 Å². The van der Waals surface area contributed by atoms with Crippen LogP contribution in [-0.2, 0) is 0 Å². The summed E-state index contributed by atoms with van der Waals surface area (Å²) in [4.78, 5) is 11.7. The number of urea groups is 1. The minimum atomic E-state index is -1.05. The van der Waals surface area contributed by atoms with E-state index < -0.39 is 18.0 Å². The first-order valence-electron chi connectivity index (χ1n) is 6.40. The van der Waals surface area contributed by atoms with Gasteiger partial charge in [0.1, 0.15) is 5.82 Å². The normalized spacial score (nSPS) is 11.8. The monoisotopic (exact) mass is 342 g/mol. The summed E-state index contributed by atoms with van der Waals surface area (Å²) in [6, 6.07) is 10.2. The van der Waals surface area contributed by atoms with E-state index in [2.05, 4.69) is 10.6 Å². The minimum absolute atomic E-state index is 0.0274. The molecular formula is C15H13Cl2FN2O2. The summed E-state index contributed by atoms with van der Waals surface area (Å²) < 4.78 is 13.3. The number of anilines is 1. The molecule has 0 aliphatic carbocycles. The Kier molecular flexibility index (Phi) is 5.60. The topological polar surface area (TPSA) is 61.4 Å². The number of benzene rings is 2. The second kappa shape index (κ2) is 7.45. The van der Waals surface area contributed by atoms with Crippen molar-refractivity contribution in [2.75, 3.05) is 11.9 Å². The highest BCUT2D eigenvalue weighted by molar-refractivity contribution is 6.33. The lowest BCUT2D eigenvalue weighted by molar-refractivity contribution is 0.174. The number of nitrogens with one attached hydrogen (secondary N) is 2. The zero-order valence-electron chi connectivity index (χ0n) is 11.3. The number of hydrogen-bond donors (Lipinski definition) is 3. The summed E-state index contributed by atoms with van der Waals surface area (Å²) in [6.45, 7) is -0.0860. The van der Waals surface area contributed by atoms with Gasteiger partial charge in [-0.3, -0.25) is 0 Å². The van der Waals surface area contributed by atoms with Crippen molar-refractivity contribution < 1.29 is 14.3 Å². The number of halogens is 3. The van der Waals surface area contributed by atoms with Crippen molar-refractivity contribution in [3.05, 3.63) is 63.9 Å². The maximum Gasteiger partial charge on any atom is 0.319 e. The van der Waals surface area contributed by atoms with Gasteiger partial charge in [0.25, 0.3) is 0 Å². The van der Waals surface area contributed by atoms with Crippen LogP contribution in [0.5, 0.6) is 0 Å². The van der Waals surface area contributed by atoms with Crippen molar-refractivity contribution in [3.63, 3.8) is 0 Å². The first-order chi connectivity index (χ1) is 10.5. The highest BCUT2D eigenvalue weighted by atomic mass is 35.5. The lowest BCUT2D eigenvalue weighted by atomic mass is 10.1. The van der Waals surface area contributed by atoms with Crippen LogP contribution in [-0.4, -0.2) is 17.7 Å². The summed E-state index contributed by atoms with van der Waals surface area (Å²) in [5, 5.41) is 15.3. The fourth-order valence-corrected chi connectivity index (χ4v) is 2.06. The third-order valence-corrected chi connectivity index (χ3v) is 3.54. The Bertz CT molecular complexity index is 682. The van der Waals surface area contributed by atoms with E-state index in [0.29, 0.717) is 16.3 Å². The number of hydrogen-bond acceptors (Lipinski definition) is 2. The fourth-order valence-electron chi connectivity index (χ4n) is 1.76. The zero-order valence-corrected chi connectivity index (χ0v) is 12.8. The summed E-state index contributed by atoms with van der Waals surface area (Å²) in [5.74, 6) is -0.626. The van der Waals surface area contributed by atoms with Crippen molar-refractivity contribution >= 4 is 34.9 Å². The van der Waals surface area contributed by atoms with Gasteiger partial charge in [-0.2, -0.15) is 0 Å². The molecule has 0 spiro atoms. The van der Waals surface area contributed by atoms with E-state index in [1.807, 2.05) is 0 Å². The molecule has 2 amide bonds. The molecule has 0 saturated carbocycles. The molecule has 1 unspecified atom stereocenters. The van der Waals surface area contributed by atoms with Crippen LogP contribution in [0.15, 0.2) is 42.5 Å². The zero-order chi connectivity index (χ0) is 16.1. The Morgan fingerprint density at radius 3 is 2.59 bits per heavy atom. The van der Waals surface area contributed by atoms with Gasteiger partial charge in [0.15, 0.2) is 0 Å². The predicted molar refractivity (Wildman–Crippen MR) is 84.8 cm³/mol. The van der Waals surface area contributed by atoms with Gasteiger partial charge in [-0.1, -0.05) is 41.4 Å².